The lowest BCUT2D eigenvalue weighted by atomic mass is 9.90. The van der Waals surface area contributed by atoms with Crippen LogP contribution in [-0.4, -0.2) is 39.2 Å². The Hall–Kier alpha value is -2.95. The molecule has 6 nitrogen and oxygen atoms in total. The molecule has 0 atom stereocenters. The molecule has 0 spiro atoms. The molecule has 2 N–H and O–H groups in total. The molecule has 1 aliphatic rings. The number of anilines is 1. The molecule has 1 aromatic carbocycles. The highest BCUT2D eigenvalue weighted by Crippen LogP contribution is 2.35. The smallest absolute Gasteiger partial charge is 0.382 e. The van der Waals surface area contributed by atoms with Gasteiger partial charge in [-0.3, -0.25) is 9.48 Å². The highest BCUT2D eigenvalue weighted by atomic mass is 35.5. The van der Waals surface area contributed by atoms with E-state index in [4.69, 9.17) is 11.6 Å². The summed E-state index contributed by atoms with van der Waals surface area (Å²) in [6.07, 6.45) is -3.43. The Morgan fingerprint density at radius 2 is 1.82 bits per heavy atom. The van der Waals surface area contributed by atoms with Gasteiger partial charge in [0.2, 0.25) is 0 Å². The third-order valence-corrected chi connectivity index (χ3v) is 5.92. The fourth-order valence-electron chi connectivity index (χ4n) is 4.05. The van der Waals surface area contributed by atoms with E-state index in [1.165, 1.54) is 24.4 Å². The Labute approximate surface area is 196 Å². The molecule has 1 aliphatic carbocycles. The van der Waals surface area contributed by atoms with Gasteiger partial charge in [-0.25, -0.2) is 13.8 Å². The molecule has 3 aromatic rings. The second-order valence-electron chi connectivity index (χ2n) is 8.19. The number of aromatic nitrogens is 3. The molecule has 12 heteroatoms. The first kappa shape index (κ1) is 24.2. The summed E-state index contributed by atoms with van der Waals surface area (Å²) in [5.41, 5.74) is -0.441. The fraction of sp³-hybridized carbons (Fsp3) is 0.409. The number of alkyl halides is 5. The Morgan fingerprint density at radius 1 is 1.12 bits per heavy atom. The number of halogens is 6. The van der Waals surface area contributed by atoms with Gasteiger partial charge < -0.3 is 10.6 Å². The minimum atomic E-state index is -4.59. The molecule has 0 unspecified atom stereocenters. The number of rotatable bonds is 6. The lowest BCUT2D eigenvalue weighted by molar-refractivity contribution is -0.140. The van der Waals surface area contributed by atoms with Gasteiger partial charge >= 0.3 is 6.18 Å². The van der Waals surface area contributed by atoms with Crippen LogP contribution in [0.2, 0.25) is 5.02 Å². The summed E-state index contributed by atoms with van der Waals surface area (Å²) >= 11 is 6.05. The van der Waals surface area contributed by atoms with Crippen molar-refractivity contribution in [3.63, 3.8) is 0 Å². The van der Waals surface area contributed by atoms with Crippen LogP contribution in [0.3, 0.4) is 0 Å². The SMILES string of the molecule is O=C(NC1CCC(Nc2cc(C(F)(F)F)nc3ccc(Cl)cc23)CC1)c1ccn(CC(F)F)n1. The van der Waals surface area contributed by atoms with Gasteiger partial charge in [0, 0.05) is 34.4 Å². The number of fused-ring (bicyclic) bond motifs is 1. The summed E-state index contributed by atoms with van der Waals surface area (Å²) in [6, 6.07) is 6.62. The molecular weight excluding hydrogens is 481 g/mol. The molecule has 182 valence electrons. The summed E-state index contributed by atoms with van der Waals surface area (Å²) in [7, 11) is 0. The maximum Gasteiger partial charge on any atom is 0.433 e. The van der Waals surface area contributed by atoms with Crippen LogP contribution in [0.15, 0.2) is 36.5 Å². The van der Waals surface area contributed by atoms with Crippen LogP contribution < -0.4 is 10.6 Å². The highest BCUT2D eigenvalue weighted by molar-refractivity contribution is 6.31. The van der Waals surface area contributed by atoms with Crippen molar-refractivity contribution in [2.75, 3.05) is 5.32 Å². The quantitative estimate of drug-likeness (QED) is 0.436. The van der Waals surface area contributed by atoms with Gasteiger partial charge in [-0.15, -0.1) is 0 Å². The standard InChI is InChI=1S/C22H21ClF5N5O/c23-12-1-6-16-15(9-12)18(10-19(31-16)22(26,27)28)29-13-2-4-14(5-3-13)30-21(34)17-7-8-33(32-17)11-20(24)25/h1,6-10,13-14,20H,2-5,11H2,(H,29,31)(H,30,34). The predicted octanol–water partition coefficient (Wildman–Crippen LogP) is 5.52. The van der Waals surface area contributed by atoms with Crippen molar-refractivity contribution in [1.29, 1.82) is 0 Å². The summed E-state index contributed by atoms with van der Waals surface area (Å²) < 4.78 is 65.9. The van der Waals surface area contributed by atoms with Crippen molar-refractivity contribution in [2.24, 2.45) is 0 Å². The van der Waals surface area contributed by atoms with E-state index in [0.717, 1.165) is 10.7 Å². The number of carbonyl (C=O) groups excluding carboxylic acids is 1. The molecular formula is C22H21ClF5N5O. The van der Waals surface area contributed by atoms with Crippen molar-refractivity contribution in [3.05, 3.63) is 52.9 Å². The molecule has 1 amide bonds. The van der Waals surface area contributed by atoms with Crippen molar-refractivity contribution >= 4 is 34.1 Å². The van der Waals surface area contributed by atoms with Gasteiger partial charge in [0.05, 0.1) is 5.52 Å². The Balaban J connectivity index is 1.40. The van der Waals surface area contributed by atoms with Crippen LogP contribution in [0.1, 0.15) is 41.9 Å². The lowest BCUT2D eigenvalue weighted by Gasteiger charge is -2.30. The second-order valence-corrected chi connectivity index (χ2v) is 8.63. The van der Waals surface area contributed by atoms with E-state index in [0.29, 0.717) is 41.8 Å². The van der Waals surface area contributed by atoms with Crippen LogP contribution in [0.5, 0.6) is 0 Å². The van der Waals surface area contributed by atoms with Crippen LogP contribution in [0, 0.1) is 0 Å². The summed E-state index contributed by atoms with van der Waals surface area (Å²) in [5, 5.41) is 10.8. The zero-order chi connectivity index (χ0) is 24.5. The lowest BCUT2D eigenvalue weighted by Crippen LogP contribution is -2.40. The first-order valence-corrected chi connectivity index (χ1v) is 11.0. The monoisotopic (exact) mass is 501 g/mol. The average molecular weight is 502 g/mol. The zero-order valence-corrected chi connectivity index (χ0v) is 18.5. The third kappa shape index (κ3) is 5.75. The maximum absolute atomic E-state index is 13.3. The normalized spacial score (nSPS) is 18.9. The van der Waals surface area contributed by atoms with E-state index in [9.17, 15) is 26.7 Å². The largest absolute Gasteiger partial charge is 0.433 e. The molecule has 2 aromatic heterocycles. The molecule has 0 bridgehead atoms. The third-order valence-electron chi connectivity index (χ3n) is 5.68. The molecule has 4 rings (SSSR count). The molecule has 0 radical (unpaired) electrons. The van der Waals surface area contributed by atoms with Crippen LogP contribution in [0.4, 0.5) is 27.6 Å². The van der Waals surface area contributed by atoms with Gasteiger partial charge in [-0.1, -0.05) is 11.6 Å². The van der Waals surface area contributed by atoms with Crippen molar-refractivity contribution in [2.45, 2.75) is 56.9 Å². The topological polar surface area (TPSA) is 71.8 Å². The highest BCUT2D eigenvalue weighted by Gasteiger charge is 2.34. The van der Waals surface area contributed by atoms with Gasteiger partial charge in [0.25, 0.3) is 12.3 Å². The molecule has 34 heavy (non-hydrogen) atoms. The van der Waals surface area contributed by atoms with Crippen LogP contribution >= 0.6 is 11.6 Å². The summed E-state index contributed by atoms with van der Waals surface area (Å²) in [4.78, 5) is 16.1. The fourth-order valence-corrected chi connectivity index (χ4v) is 4.22. The molecule has 2 heterocycles. The molecule has 1 saturated carbocycles. The number of nitrogens with one attached hydrogen (secondary N) is 2. The molecule has 0 aliphatic heterocycles. The number of pyridine rings is 1. The molecule has 1 fully saturated rings. The van der Waals surface area contributed by atoms with Crippen LogP contribution in [-0.2, 0) is 12.7 Å². The van der Waals surface area contributed by atoms with Gasteiger partial charge in [-0.05, 0) is 56.0 Å². The molecule has 0 saturated heterocycles. The Bertz CT molecular complexity index is 1170. The number of nitrogens with zero attached hydrogens (tertiary/aromatic N) is 3. The van der Waals surface area contributed by atoms with Crippen molar-refractivity contribution < 1.29 is 26.7 Å². The van der Waals surface area contributed by atoms with E-state index >= 15 is 0 Å². The van der Waals surface area contributed by atoms with E-state index < -0.39 is 30.7 Å². The summed E-state index contributed by atoms with van der Waals surface area (Å²) in [6.45, 7) is -0.588. The minimum absolute atomic E-state index is 0.0562. The summed E-state index contributed by atoms with van der Waals surface area (Å²) in [5.74, 6) is -0.450. The van der Waals surface area contributed by atoms with Gasteiger partial charge in [-0.2, -0.15) is 18.3 Å². The van der Waals surface area contributed by atoms with Crippen LogP contribution in [0.25, 0.3) is 10.9 Å². The number of hydrogen-bond acceptors (Lipinski definition) is 4. The second kappa shape index (κ2) is 9.73. The first-order chi connectivity index (χ1) is 16.1. The predicted molar refractivity (Wildman–Crippen MR) is 117 cm³/mol. The van der Waals surface area contributed by atoms with E-state index in [2.05, 4.69) is 20.7 Å². The number of benzene rings is 1. The van der Waals surface area contributed by atoms with Gasteiger partial charge in [0.15, 0.2) is 0 Å². The van der Waals surface area contributed by atoms with E-state index in [-0.39, 0.29) is 23.3 Å². The number of carbonyl (C=O) groups is 1. The average Bonchev–Trinajstić information content (AvgIpc) is 3.22. The minimum Gasteiger partial charge on any atom is -0.382 e. The van der Waals surface area contributed by atoms with E-state index in [1.807, 2.05) is 0 Å². The van der Waals surface area contributed by atoms with E-state index in [1.54, 1.807) is 6.07 Å². The first-order valence-electron chi connectivity index (χ1n) is 10.6. The Morgan fingerprint density at radius 3 is 2.50 bits per heavy atom. The number of amides is 1. The maximum atomic E-state index is 13.3. The number of hydrogen-bond donors (Lipinski definition) is 2. The van der Waals surface area contributed by atoms with Crippen molar-refractivity contribution in [3.8, 4) is 0 Å². The zero-order valence-electron chi connectivity index (χ0n) is 17.7. The van der Waals surface area contributed by atoms with Gasteiger partial charge in [0.1, 0.15) is 17.9 Å². The Kier molecular flexibility index (Phi) is 6.92. The van der Waals surface area contributed by atoms with Crippen molar-refractivity contribution in [1.82, 2.24) is 20.1 Å².